The molecule has 0 aliphatic heterocycles. The lowest BCUT2D eigenvalue weighted by Gasteiger charge is -2.17. The van der Waals surface area contributed by atoms with E-state index in [9.17, 15) is 14.7 Å². The number of benzene rings is 2. The second-order valence-electron chi connectivity index (χ2n) is 6.13. The van der Waals surface area contributed by atoms with E-state index in [4.69, 9.17) is 10.8 Å². The second kappa shape index (κ2) is 11.2. The predicted molar refractivity (Wildman–Crippen MR) is 107 cm³/mol. The lowest BCUT2D eigenvalue weighted by Crippen LogP contribution is -2.31. The smallest absolute Gasteiger partial charge is 0.331 e. The molecule has 0 radical (unpaired) electrons. The number of allylic oxidation sites excluding steroid dienone is 1. The maximum absolute atomic E-state index is 11.4. The Labute approximate surface area is 164 Å². The van der Waals surface area contributed by atoms with Crippen molar-refractivity contribution in [1.82, 2.24) is 0 Å². The van der Waals surface area contributed by atoms with E-state index in [1.807, 2.05) is 36.4 Å². The predicted octanol–water partition coefficient (Wildman–Crippen LogP) is 3.83. The highest BCUT2D eigenvalue weighted by Gasteiger charge is 2.18. The number of nitrogens with two attached hydrogens (primary N) is 1. The third kappa shape index (κ3) is 6.89. The molecule has 0 unspecified atom stereocenters. The summed E-state index contributed by atoms with van der Waals surface area (Å²) < 4.78 is 0. The molecular weight excluding hydrogens is 366 g/mol. The Morgan fingerprint density at radius 2 is 1.41 bits per heavy atom. The van der Waals surface area contributed by atoms with Gasteiger partial charge in [-0.15, -0.1) is 12.4 Å². The van der Waals surface area contributed by atoms with Crippen LogP contribution >= 0.6 is 12.4 Å². The van der Waals surface area contributed by atoms with Gasteiger partial charge in [-0.1, -0.05) is 66.7 Å². The molecule has 0 aromatic heterocycles. The first-order valence-electron chi connectivity index (χ1n) is 8.49. The minimum atomic E-state index is -1.21. The quantitative estimate of drug-likeness (QED) is 0.566. The fraction of sp³-hybridized carbons (Fsp3) is 0.238. The van der Waals surface area contributed by atoms with E-state index in [1.54, 1.807) is 6.08 Å². The number of aliphatic carboxylic acids is 2. The van der Waals surface area contributed by atoms with Crippen molar-refractivity contribution in [3.05, 3.63) is 83.4 Å². The molecule has 0 fully saturated rings. The number of carboxylic acid groups (broad SMARTS) is 2. The van der Waals surface area contributed by atoms with Gasteiger partial charge in [0.25, 0.3) is 0 Å². The summed E-state index contributed by atoms with van der Waals surface area (Å²) in [5.74, 6) is -2.20. The minimum absolute atomic E-state index is 0. The fourth-order valence-electron chi connectivity index (χ4n) is 2.90. The summed E-state index contributed by atoms with van der Waals surface area (Å²) in [4.78, 5) is 22.2. The van der Waals surface area contributed by atoms with Crippen LogP contribution in [0.15, 0.2) is 72.3 Å². The zero-order valence-corrected chi connectivity index (χ0v) is 15.6. The SMILES string of the molecule is Cl.N[C@@H](C/C(=C\CCC(c1ccccc1)c1ccccc1)C(=O)O)C(=O)O. The van der Waals surface area contributed by atoms with Crippen LogP contribution in [0.4, 0.5) is 0 Å². The fourth-order valence-corrected chi connectivity index (χ4v) is 2.90. The molecule has 0 aliphatic rings. The summed E-state index contributed by atoms with van der Waals surface area (Å²) in [6.45, 7) is 0. The Hall–Kier alpha value is -2.63. The zero-order valence-electron chi connectivity index (χ0n) is 14.8. The molecule has 2 aromatic rings. The van der Waals surface area contributed by atoms with E-state index >= 15 is 0 Å². The number of hydrogen-bond donors (Lipinski definition) is 3. The average Bonchev–Trinajstić information content (AvgIpc) is 2.65. The van der Waals surface area contributed by atoms with Crippen molar-refractivity contribution in [3.63, 3.8) is 0 Å². The molecule has 1 atom stereocenters. The first kappa shape index (κ1) is 22.4. The Balaban J connectivity index is 0.00000364. The first-order valence-corrected chi connectivity index (χ1v) is 8.49. The van der Waals surface area contributed by atoms with Gasteiger partial charge in [0.15, 0.2) is 0 Å². The Bertz CT molecular complexity index is 723. The Morgan fingerprint density at radius 3 is 1.81 bits per heavy atom. The van der Waals surface area contributed by atoms with Crippen LogP contribution in [0.2, 0.25) is 0 Å². The van der Waals surface area contributed by atoms with Crippen LogP contribution in [0, 0.1) is 0 Å². The number of hydrogen-bond acceptors (Lipinski definition) is 3. The van der Waals surface area contributed by atoms with E-state index in [-0.39, 0.29) is 30.3 Å². The second-order valence-corrected chi connectivity index (χ2v) is 6.13. The lowest BCUT2D eigenvalue weighted by atomic mass is 9.87. The van der Waals surface area contributed by atoms with Gasteiger partial charge in [0.1, 0.15) is 6.04 Å². The zero-order chi connectivity index (χ0) is 18.9. The number of carboxylic acids is 2. The summed E-state index contributed by atoms with van der Waals surface area (Å²) in [6, 6.07) is 18.9. The molecule has 5 nitrogen and oxygen atoms in total. The molecule has 144 valence electrons. The van der Waals surface area contributed by atoms with E-state index in [0.29, 0.717) is 12.8 Å². The molecule has 0 saturated carbocycles. The van der Waals surface area contributed by atoms with Gasteiger partial charge in [-0.3, -0.25) is 4.79 Å². The van der Waals surface area contributed by atoms with Crippen LogP contribution in [0.1, 0.15) is 36.3 Å². The van der Waals surface area contributed by atoms with Gasteiger partial charge in [-0.05, 0) is 24.0 Å². The third-order valence-corrected chi connectivity index (χ3v) is 4.28. The van der Waals surface area contributed by atoms with E-state index in [1.165, 1.54) is 0 Å². The van der Waals surface area contributed by atoms with Gasteiger partial charge in [0.05, 0.1) is 0 Å². The highest BCUT2D eigenvalue weighted by atomic mass is 35.5. The van der Waals surface area contributed by atoms with Gasteiger partial charge in [-0.2, -0.15) is 0 Å². The lowest BCUT2D eigenvalue weighted by molar-refractivity contribution is -0.138. The summed E-state index contributed by atoms with van der Waals surface area (Å²) in [5.41, 5.74) is 7.82. The number of halogens is 1. The minimum Gasteiger partial charge on any atom is -0.480 e. The van der Waals surface area contributed by atoms with Gasteiger partial charge < -0.3 is 15.9 Å². The molecule has 6 heteroatoms. The van der Waals surface area contributed by atoms with Crippen molar-refractivity contribution in [2.45, 2.75) is 31.2 Å². The molecule has 0 saturated heterocycles. The topological polar surface area (TPSA) is 101 Å². The molecular formula is C21H24ClNO4. The Kier molecular flexibility index (Phi) is 9.26. The van der Waals surface area contributed by atoms with Gasteiger partial charge in [-0.25, -0.2) is 4.79 Å². The van der Waals surface area contributed by atoms with Crippen LogP contribution in [0.5, 0.6) is 0 Å². The monoisotopic (exact) mass is 389 g/mol. The normalized spacial score (nSPS) is 12.3. The van der Waals surface area contributed by atoms with Crippen molar-refractivity contribution in [2.75, 3.05) is 0 Å². The molecule has 4 N–H and O–H groups in total. The molecule has 27 heavy (non-hydrogen) atoms. The summed E-state index contributed by atoms with van der Waals surface area (Å²) in [6.07, 6.45) is 2.63. The molecule has 2 rings (SSSR count). The van der Waals surface area contributed by atoms with Crippen LogP contribution in [0.3, 0.4) is 0 Å². The van der Waals surface area contributed by atoms with Crippen LogP contribution in [0.25, 0.3) is 0 Å². The van der Waals surface area contributed by atoms with E-state index in [0.717, 1.165) is 11.1 Å². The highest BCUT2D eigenvalue weighted by Crippen LogP contribution is 2.29. The largest absolute Gasteiger partial charge is 0.480 e. The molecule has 2 aromatic carbocycles. The summed E-state index contributed by atoms with van der Waals surface area (Å²) in [7, 11) is 0. The Morgan fingerprint density at radius 1 is 0.926 bits per heavy atom. The van der Waals surface area contributed by atoms with Crippen molar-refractivity contribution in [1.29, 1.82) is 0 Å². The van der Waals surface area contributed by atoms with Crippen molar-refractivity contribution in [2.24, 2.45) is 5.73 Å². The molecule has 0 heterocycles. The highest BCUT2D eigenvalue weighted by molar-refractivity contribution is 5.88. The van der Waals surface area contributed by atoms with Crippen LogP contribution in [-0.2, 0) is 9.59 Å². The van der Waals surface area contributed by atoms with Crippen LogP contribution in [-0.4, -0.2) is 28.2 Å². The molecule has 0 bridgehead atoms. The third-order valence-electron chi connectivity index (χ3n) is 4.28. The average molecular weight is 390 g/mol. The van der Waals surface area contributed by atoms with Gasteiger partial charge in [0, 0.05) is 17.9 Å². The van der Waals surface area contributed by atoms with Gasteiger partial charge >= 0.3 is 11.9 Å². The van der Waals surface area contributed by atoms with Gasteiger partial charge in [0.2, 0.25) is 0 Å². The van der Waals surface area contributed by atoms with Crippen molar-refractivity contribution in [3.8, 4) is 0 Å². The van der Waals surface area contributed by atoms with Crippen molar-refractivity contribution >= 4 is 24.3 Å². The number of carbonyl (C=O) groups is 2. The maximum Gasteiger partial charge on any atom is 0.331 e. The first-order chi connectivity index (χ1) is 12.5. The molecule has 0 aliphatic carbocycles. The van der Waals surface area contributed by atoms with Crippen LogP contribution < -0.4 is 5.73 Å². The number of rotatable bonds is 9. The maximum atomic E-state index is 11.4. The molecule has 0 amide bonds. The van der Waals surface area contributed by atoms with E-state index < -0.39 is 18.0 Å². The standard InChI is InChI=1S/C21H23NO4.ClH/c22-19(21(25)26)14-17(20(23)24)12-7-13-18(15-8-3-1-4-9-15)16-10-5-2-6-11-16;/h1-6,8-12,18-19H,7,13-14,22H2,(H,23,24)(H,25,26);1H/b17-12+;/t19-;/m0./s1. The summed E-state index contributed by atoms with van der Waals surface area (Å²) in [5, 5.41) is 18.2. The molecule has 0 spiro atoms. The van der Waals surface area contributed by atoms with E-state index in [2.05, 4.69) is 24.3 Å². The summed E-state index contributed by atoms with van der Waals surface area (Å²) >= 11 is 0. The van der Waals surface area contributed by atoms with Crippen molar-refractivity contribution < 1.29 is 19.8 Å².